The van der Waals surface area contributed by atoms with Crippen LogP contribution in [0.25, 0.3) is 6.08 Å². The summed E-state index contributed by atoms with van der Waals surface area (Å²) in [7, 11) is 0. The lowest BCUT2D eigenvalue weighted by Gasteiger charge is -2.30. The molecule has 1 aliphatic carbocycles. The molecule has 0 amide bonds. The van der Waals surface area contributed by atoms with E-state index in [4.69, 9.17) is 30.5 Å². The zero-order chi connectivity index (χ0) is 24.6. The summed E-state index contributed by atoms with van der Waals surface area (Å²) in [5, 5.41) is 5.97. The van der Waals surface area contributed by atoms with Crippen molar-refractivity contribution in [1.29, 1.82) is 0 Å². The Morgan fingerprint density at radius 2 is 2.00 bits per heavy atom. The molecule has 0 spiro atoms. The Labute approximate surface area is 216 Å². The van der Waals surface area contributed by atoms with Gasteiger partial charge >= 0.3 is 6.02 Å². The number of nitrogens with one attached hydrogen (secondary N) is 1. The van der Waals surface area contributed by atoms with E-state index in [0.717, 1.165) is 62.6 Å². The summed E-state index contributed by atoms with van der Waals surface area (Å²) in [6.45, 7) is 6.75. The van der Waals surface area contributed by atoms with Gasteiger partial charge in [-0.2, -0.15) is 10.1 Å². The molecule has 1 unspecified atom stereocenters. The van der Waals surface area contributed by atoms with Gasteiger partial charge in [-0.25, -0.2) is 4.99 Å². The zero-order valence-electron chi connectivity index (χ0n) is 20.4. The number of amidine groups is 2. The van der Waals surface area contributed by atoms with Crippen molar-refractivity contribution in [3.8, 4) is 0 Å². The molecule has 5 rings (SSSR count). The topological polar surface area (TPSA) is 87.2 Å². The Morgan fingerprint density at radius 3 is 2.86 bits per heavy atom. The Balaban J connectivity index is 1.34. The van der Waals surface area contributed by atoms with Crippen LogP contribution in [-0.4, -0.2) is 80.4 Å². The number of hydrogen-bond donors (Lipinski definition) is 1. The van der Waals surface area contributed by atoms with Gasteiger partial charge in [0, 0.05) is 55.8 Å². The van der Waals surface area contributed by atoms with Crippen molar-refractivity contribution in [1.82, 2.24) is 15.2 Å². The minimum atomic E-state index is -0.105. The van der Waals surface area contributed by atoms with Crippen molar-refractivity contribution >= 4 is 29.5 Å². The molecule has 9 nitrogen and oxygen atoms in total. The van der Waals surface area contributed by atoms with Gasteiger partial charge in [0.15, 0.2) is 5.84 Å². The van der Waals surface area contributed by atoms with E-state index in [2.05, 4.69) is 31.4 Å². The van der Waals surface area contributed by atoms with Crippen LogP contribution in [0.15, 0.2) is 61.2 Å². The van der Waals surface area contributed by atoms with Gasteiger partial charge in [0.05, 0.1) is 24.8 Å². The molecular formula is C26H33ClN6O3. The molecule has 1 aromatic heterocycles. The second-order valence-electron chi connectivity index (χ2n) is 9.08. The number of aliphatic imine (C=N–C) groups is 2. The highest BCUT2D eigenvalue weighted by molar-refractivity contribution is 6.33. The molecule has 2 saturated heterocycles. The van der Waals surface area contributed by atoms with Gasteiger partial charge in [-0.3, -0.25) is 15.2 Å². The van der Waals surface area contributed by atoms with Crippen LogP contribution >= 0.6 is 11.6 Å². The molecule has 192 valence electrons. The first-order valence-electron chi connectivity index (χ1n) is 12.7. The van der Waals surface area contributed by atoms with Crippen molar-refractivity contribution in [3.63, 3.8) is 0 Å². The van der Waals surface area contributed by atoms with Gasteiger partial charge in [0.1, 0.15) is 18.5 Å². The van der Waals surface area contributed by atoms with Crippen molar-refractivity contribution in [2.75, 3.05) is 52.5 Å². The lowest BCUT2D eigenvalue weighted by Crippen LogP contribution is -2.39. The predicted octanol–water partition coefficient (Wildman–Crippen LogP) is 2.86. The smallest absolute Gasteiger partial charge is 0.315 e. The molecular weight excluding hydrogens is 480 g/mol. The van der Waals surface area contributed by atoms with Gasteiger partial charge in [0.2, 0.25) is 0 Å². The Kier molecular flexibility index (Phi) is 8.66. The lowest BCUT2D eigenvalue weighted by molar-refractivity contribution is 0.0313. The van der Waals surface area contributed by atoms with Crippen LogP contribution < -0.4 is 10.8 Å². The summed E-state index contributed by atoms with van der Waals surface area (Å²) in [6, 6.07) is 2.18. The number of fused-ring (bicyclic) bond motifs is 1. The quantitative estimate of drug-likeness (QED) is 0.610. The second kappa shape index (κ2) is 12.5. The average Bonchev–Trinajstić information content (AvgIpc) is 3.24. The maximum absolute atomic E-state index is 6.29. The van der Waals surface area contributed by atoms with Gasteiger partial charge < -0.3 is 13.9 Å². The van der Waals surface area contributed by atoms with E-state index in [1.807, 2.05) is 30.4 Å². The largest absolute Gasteiger partial charge is 0.468 e. The molecule has 0 radical (unpaired) electrons. The summed E-state index contributed by atoms with van der Waals surface area (Å²) in [5.41, 5.74) is 3.95. The van der Waals surface area contributed by atoms with E-state index < -0.39 is 0 Å². The number of rotatable bonds is 5. The van der Waals surface area contributed by atoms with Crippen molar-refractivity contribution in [3.05, 3.63) is 58.3 Å². The Hall–Kier alpha value is -2.72. The highest BCUT2D eigenvalue weighted by Gasteiger charge is 2.21. The van der Waals surface area contributed by atoms with Crippen LogP contribution in [0.2, 0.25) is 0 Å². The maximum atomic E-state index is 6.29. The van der Waals surface area contributed by atoms with Crippen molar-refractivity contribution in [2.24, 2.45) is 15.1 Å². The van der Waals surface area contributed by atoms with Crippen LogP contribution in [-0.2, 0) is 15.9 Å². The average molecular weight is 513 g/mol. The highest BCUT2D eigenvalue weighted by Crippen LogP contribution is 2.18. The van der Waals surface area contributed by atoms with Gasteiger partial charge in [-0.15, -0.1) is 0 Å². The number of morpholine rings is 1. The van der Waals surface area contributed by atoms with Crippen LogP contribution in [0.1, 0.15) is 30.6 Å². The lowest BCUT2D eigenvalue weighted by atomic mass is 10.1. The monoisotopic (exact) mass is 512 g/mol. The van der Waals surface area contributed by atoms with E-state index in [1.54, 1.807) is 6.26 Å². The third-order valence-corrected chi connectivity index (χ3v) is 6.79. The normalized spacial score (nSPS) is 23.8. The minimum Gasteiger partial charge on any atom is -0.468 e. The molecule has 0 bridgehead atoms. The molecule has 4 aliphatic rings. The highest BCUT2D eigenvalue weighted by atomic mass is 35.5. The third-order valence-electron chi connectivity index (χ3n) is 6.56. The van der Waals surface area contributed by atoms with Crippen LogP contribution in [0.4, 0.5) is 0 Å². The standard InChI is InChI=1S/C26H33ClN6O3/c27-20-5-4-6-23-21(19-20)22(9-15-35-23)30-31-24-7-8-25(33-10-2-1-3-11-33)29-26(28-24)36-18-14-32-12-16-34-17-13-32/h4-5,7-9,15,19,25H,1-3,6,10-14,16-18H2,(H,28,29,31)/b30-22+. The fourth-order valence-corrected chi connectivity index (χ4v) is 4.78. The molecule has 36 heavy (non-hydrogen) atoms. The summed E-state index contributed by atoms with van der Waals surface area (Å²) in [6.07, 6.45) is 15.5. The van der Waals surface area contributed by atoms with E-state index >= 15 is 0 Å². The molecule has 1 aromatic rings. The SMILES string of the molecule is ClC1=Cc2c(occ/c2=N\NC2=NC(OCCN3CCOCC3)=NC(N3CCCCC3)C=C2)CC=C1. The molecule has 0 saturated carbocycles. The van der Waals surface area contributed by atoms with Gasteiger partial charge in [-0.05, 0) is 37.1 Å². The van der Waals surface area contributed by atoms with Crippen LogP contribution in [0.5, 0.6) is 0 Å². The number of piperidine rings is 1. The molecule has 4 heterocycles. The first-order chi connectivity index (χ1) is 17.7. The Bertz CT molecular complexity index is 1130. The van der Waals surface area contributed by atoms with Crippen LogP contribution in [0.3, 0.4) is 0 Å². The summed E-state index contributed by atoms with van der Waals surface area (Å²) < 4.78 is 17.2. The summed E-state index contributed by atoms with van der Waals surface area (Å²) >= 11 is 6.29. The van der Waals surface area contributed by atoms with E-state index in [1.165, 1.54) is 19.3 Å². The number of allylic oxidation sites excluding steroid dienone is 3. The number of halogens is 1. The molecule has 1 N–H and O–H groups in total. The molecule has 3 aliphatic heterocycles. The van der Waals surface area contributed by atoms with Gasteiger partial charge in [0.25, 0.3) is 0 Å². The summed E-state index contributed by atoms with van der Waals surface area (Å²) in [4.78, 5) is 14.2. The molecule has 1 atom stereocenters. The zero-order valence-corrected chi connectivity index (χ0v) is 21.2. The predicted molar refractivity (Wildman–Crippen MR) is 141 cm³/mol. The minimum absolute atomic E-state index is 0.105. The van der Waals surface area contributed by atoms with Crippen molar-refractivity contribution in [2.45, 2.75) is 31.8 Å². The van der Waals surface area contributed by atoms with Gasteiger partial charge in [-0.1, -0.05) is 24.1 Å². The first-order valence-corrected chi connectivity index (χ1v) is 13.1. The Morgan fingerprint density at radius 1 is 1.14 bits per heavy atom. The fraction of sp³-hybridized carbons (Fsp3) is 0.500. The number of likely N-dealkylation sites (tertiary alicyclic amines) is 1. The van der Waals surface area contributed by atoms with E-state index in [0.29, 0.717) is 29.9 Å². The molecule has 10 heteroatoms. The third kappa shape index (κ3) is 6.73. The van der Waals surface area contributed by atoms with E-state index in [-0.39, 0.29) is 6.17 Å². The fourth-order valence-electron chi connectivity index (χ4n) is 4.58. The first kappa shape index (κ1) is 25.0. The summed E-state index contributed by atoms with van der Waals surface area (Å²) in [5.74, 6) is 1.37. The van der Waals surface area contributed by atoms with Crippen LogP contribution in [0, 0.1) is 0 Å². The molecule has 2 fully saturated rings. The number of hydrogen-bond acceptors (Lipinski definition) is 9. The van der Waals surface area contributed by atoms with E-state index in [9.17, 15) is 0 Å². The second-order valence-corrected chi connectivity index (χ2v) is 9.52. The van der Waals surface area contributed by atoms with Crippen molar-refractivity contribution < 1.29 is 13.9 Å². The molecule has 0 aromatic carbocycles. The number of ether oxygens (including phenoxy) is 2. The maximum Gasteiger partial charge on any atom is 0.315 e. The number of nitrogens with zero attached hydrogens (tertiary/aromatic N) is 5.